The zero-order valence-corrected chi connectivity index (χ0v) is 25.3. The van der Waals surface area contributed by atoms with Gasteiger partial charge in [-0.05, 0) is 40.8 Å². The van der Waals surface area contributed by atoms with Gasteiger partial charge in [0.05, 0.1) is 0 Å². The molecule has 0 amide bonds. The number of anilines is 1. The van der Waals surface area contributed by atoms with Crippen LogP contribution in [0.25, 0.3) is 11.1 Å². The first-order valence-electron chi connectivity index (χ1n) is 14.4. The van der Waals surface area contributed by atoms with Crippen LogP contribution in [0.1, 0.15) is 49.5 Å². The Morgan fingerprint density at radius 1 is 0.698 bits per heavy atom. The largest absolute Gasteiger partial charge is 0.298 e. The van der Waals surface area contributed by atoms with Crippen LogP contribution in [0.5, 0.6) is 0 Å². The molecule has 216 valence electrons. The SMILES string of the molecule is CC(C)(C)c1ccc(-c2ccccc2)c(N2C=[N+](c3ccccc3S(=O)(=O)O)[C@@H](c3ccccc3)[C@@H]2c2ccccc2)c1. The molecule has 0 aliphatic carbocycles. The lowest BCUT2D eigenvalue weighted by Gasteiger charge is -2.27. The fourth-order valence-corrected chi connectivity index (χ4v) is 6.64. The van der Waals surface area contributed by atoms with Crippen LogP contribution in [0, 0.1) is 0 Å². The predicted molar refractivity (Wildman–Crippen MR) is 174 cm³/mol. The first kappa shape index (κ1) is 28.6. The zero-order chi connectivity index (χ0) is 30.2. The molecule has 6 rings (SSSR count). The highest BCUT2D eigenvalue weighted by atomic mass is 32.2. The van der Waals surface area contributed by atoms with Crippen molar-refractivity contribution in [1.29, 1.82) is 0 Å². The first-order valence-corrected chi connectivity index (χ1v) is 15.8. The lowest BCUT2D eigenvalue weighted by molar-refractivity contribution is -0.483. The normalized spacial score (nSPS) is 17.1. The molecular formula is C37H35N2O3S+. The summed E-state index contributed by atoms with van der Waals surface area (Å²) in [7, 11) is -4.50. The molecule has 5 aromatic carbocycles. The third kappa shape index (κ3) is 5.64. The maximum atomic E-state index is 12.7. The van der Waals surface area contributed by atoms with Crippen LogP contribution in [0.15, 0.2) is 138 Å². The van der Waals surface area contributed by atoms with Crippen LogP contribution in [0.3, 0.4) is 0 Å². The van der Waals surface area contributed by atoms with Crippen molar-refractivity contribution >= 4 is 27.8 Å². The molecule has 1 aliphatic heterocycles. The molecule has 0 aromatic heterocycles. The fraction of sp³-hybridized carbons (Fsp3) is 0.162. The van der Waals surface area contributed by atoms with E-state index >= 15 is 0 Å². The van der Waals surface area contributed by atoms with Gasteiger partial charge in [-0.15, -0.1) is 0 Å². The predicted octanol–water partition coefficient (Wildman–Crippen LogP) is 8.57. The van der Waals surface area contributed by atoms with Crippen molar-refractivity contribution in [3.8, 4) is 11.1 Å². The Hall–Kier alpha value is -4.52. The van der Waals surface area contributed by atoms with E-state index < -0.39 is 10.1 Å². The molecule has 1 heterocycles. The summed E-state index contributed by atoms with van der Waals surface area (Å²) in [5, 5.41) is 0. The van der Waals surface area contributed by atoms with Gasteiger partial charge in [-0.2, -0.15) is 8.42 Å². The van der Waals surface area contributed by atoms with E-state index in [1.54, 1.807) is 18.2 Å². The maximum Gasteiger partial charge on any atom is 0.298 e. The molecule has 5 aromatic rings. The molecule has 0 bridgehead atoms. The standard InChI is InChI=1S/C37H34N2O3S/c1-37(2,3)30-23-24-31(27-15-7-4-8-16-27)33(25-30)39-26-38(32-21-13-14-22-34(32)43(40,41)42)35(28-17-9-5-10-18-28)36(39)29-19-11-6-12-20-29/h4-26,35-36H,1-3H3/p+1/t35-,36-/m0/s1. The highest BCUT2D eigenvalue weighted by Crippen LogP contribution is 2.48. The van der Waals surface area contributed by atoms with Crippen molar-refractivity contribution < 1.29 is 17.5 Å². The Labute approximate surface area is 254 Å². The lowest BCUT2D eigenvalue weighted by atomic mass is 9.85. The Kier molecular flexibility index (Phi) is 7.50. The second-order valence-corrected chi connectivity index (χ2v) is 13.3. The van der Waals surface area contributed by atoms with Crippen molar-refractivity contribution in [3.05, 3.63) is 150 Å². The maximum absolute atomic E-state index is 12.7. The van der Waals surface area contributed by atoms with E-state index in [1.807, 2.05) is 65.5 Å². The molecular weight excluding hydrogens is 552 g/mol. The minimum atomic E-state index is -4.50. The van der Waals surface area contributed by atoms with E-state index in [4.69, 9.17) is 0 Å². The van der Waals surface area contributed by atoms with E-state index in [9.17, 15) is 13.0 Å². The van der Waals surface area contributed by atoms with Crippen LogP contribution < -0.4 is 4.90 Å². The van der Waals surface area contributed by atoms with Crippen molar-refractivity contribution in [3.63, 3.8) is 0 Å². The van der Waals surface area contributed by atoms with Gasteiger partial charge in [0.1, 0.15) is 16.3 Å². The van der Waals surface area contributed by atoms with Crippen LogP contribution >= 0.6 is 0 Å². The van der Waals surface area contributed by atoms with Gasteiger partial charge in [-0.25, -0.2) is 9.48 Å². The van der Waals surface area contributed by atoms with E-state index in [1.165, 1.54) is 11.6 Å². The van der Waals surface area contributed by atoms with Gasteiger partial charge in [0.25, 0.3) is 10.1 Å². The van der Waals surface area contributed by atoms with Gasteiger partial charge in [-0.1, -0.05) is 130 Å². The molecule has 0 radical (unpaired) electrons. The summed E-state index contributed by atoms with van der Waals surface area (Å²) in [6.45, 7) is 6.62. The molecule has 2 atom stereocenters. The molecule has 43 heavy (non-hydrogen) atoms. The average molecular weight is 588 g/mol. The Morgan fingerprint density at radius 3 is 1.86 bits per heavy atom. The lowest BCUT2D eigenvalue weighted by Crippen LogP contribution is -2.27. The van der Waals surface area contributed by atoms with Crippen molar-refractivity contribution in [2.45, 2.75) is 43.2 Å². The van der Waals surface area contributed by atoms with Gasteiger partial charge in [0, 0.05) is 16.7 Å². The Bertz CT molecular complexity index is 1880. The summed E-state index contributed by atoms with van der Waals surface area (Å²) < 4.78 is 37.6. The number of para-hydroxylation sites is 1. The number of hydrogen-bond donors (Lipinski definition) is 1. The molecule has 6 heteroatoms. The molecule has 1 aliphatic rings. The smallest absolute Gasteiger partial charge is 0.282 e. The summed E-state index contributed by atoms with van der Waals surface area (Å²) in [6, 6.07) is 43.5. The summed E-state index contributed by atoms with van der Waals surface area (Å²) in [6.07, 6.45) is 2.01. The van der Waals surface area contributed by atoms with Gasteiger partial charge < -0.3 is 0 Å². The summed E-state index contributed by atoms with van der Waals surface area (Å²) in [4.78, 5) is 2.14. The van der Waals surface area contributed by atoms with Crippen molar-refractivity contribution in [2.24, 2.45) is 0 Å². The molecule has 5 nitrogen and oxygen atoms in total. The second kappa shape index (κ2) is 11.3. The zero-order valence-electron chi connectivity index (χ0n) is 24.5. The van der Waals surface area contributed by atoms with Crippen molar-refractivity contribution in [1.82, 2.24) is 0 Å². The van der Waals surface area contributed by atoms with Crippen LogP contribution in [0.2, 0.25) is 0 Å². The van der Waals surface area contributed by atoms with Gasteiger partial charge in [-0.3, -0.25) is 4.55 Å². The highest BCUT2D eigenvalue weighted by Gasteiger charge is 2.47. The number of nitrogens with zero attached hydrogens (tertiary/aromatic N) is 2. The molecule has 0 saturated carbocycles. The minimum Gasteiger partial charge on any atom is -0.282 e. The van der Waals surface area contributed by atoms with Crippen molar-refractivity contribution in [2.75, 3.05) is 4.90 Å². The summed E-state index contributed by atoms with van der Waals surface area (Å²) >= 11 is 0. The van der Waals surface area contributed by atoms with Gasteiger partial charge >= 0.3 is 0 Å². The molecule has 0 fully saturated rings. The quantitative estimate of drug-likeness (QED) is 0.160. The molecule has 0 saturated heterocycles. The van der Waals surface area contributed by atoms with E-state index in [2.05, 4.69) is 80.3 Å². The highest BCUT2D eigenvalue weighted by molar-refractivity contribution is 7.86. The molecule has 1 N–H and O–H groups in total. The summed E-state index contributed by atoms with van der Waals surface area (Å²) in [5.41, 5.74) is 6.79. The number of hydrogen-bond acceptors (Lipinski definition) is 3. The fourth-order valence-electron chi connectivity index (χ4n) is 5.95. The van der Waals surface area contributed by atoms with Gasteiger partial charge in [0.15, 0.2) is 12.1 Å². The molecule has 0 spiro atoms. The van der Waals surface area contributed by atoms with Crippen LogP contribution in [0.4, 0.5) is 11.4 Å². The van der Waals surface area contributed by atoms with E-state index in [-0.39, 0.29) is 22.4 Å². The number of rotatable bonds is 6. The molecule has 0 unspecified atom stereocenters. The third-order valence-electron chi connectivity index (χ3n) is 8.08. The van der Waals surface area contributed by atoms with Crippen LogP contribution in [-0.2, 0) is 15.5 Å². The van der Waals surface area contributed by atoms with E-state index in [0.717, 1.165) is 27.9 Å². The van der Waals surface area contributed by atoms with Crippen LogP contribution in [-0.4, -0.2) is 23.9 Å². The average Bonchev–Trinajstić information content (AvgIpc) is 3.42. The second-order valence-electron chi connectivity index (χ2n) is 11.9. The first-order chi connectivity index (χ1) is 20.6. The summed E-state index contributed by atoms with van der Waals surface area (Å²) in [5.74, 6) is 0. The monoisotopic (exact) mass is 587 g/mol. The van der Waals surface area contributed by atoms with Gasteiger partial charge in [0.2, 0.25) is 6.34 Å². The topological polar surface area (TPSA) is 60.6 Å². The van der Waals surface area contributed by atoms with E-state index in [0.29, 0.717) is 5.69 Å². The minimum absolute atomic E-state index is 0.0952. The Balaban J connectivity index is 1.69. The third-order valence-corrected chi connectivity index (χ3v) is 8.98. The Morgan fingerprint density at radius 2 is 1.26 bits per heavy atom. The number of benzene rings is 5.